The second-order valence-corrected chi connectivity index (χ2v) is 7.50. The number of rotatable bonds is 7. The average molecular weight is 442 g/mol. The summed E-state index contributed by atoms with van der Waals surface area (Å²) in [6.07, 6.45) is 2.07. The van der Waals surface area contributed by atoms with Gasteiger partial charge in [0.25, 0.3) is 11.2 Å². The molecule has 1 atom stereocenters. The fourth-order valence-corrected chi connectivity index (χ4v) is 3.28. The van der Waals surface area contributed by atoms with Crippen molar-refractivity contribution in [2.75, 3.05) is 0 Å². The second kappa shape index (κ2) is 9.44. The van der Waals surface area contributed by atoms with Crippen molar-refractivity contribution in [2.24, 2.45) is 5.10 Å². The van der Waals surface area contributed by atoms with Gasteiger partial charge in [-0.15, -0.1) is 0 Å². The highest BCUT2D eigenvalue weighted by molar-refractivity contribution is 5.85. The maximum absolute atomic E-state index is 13.3. The summed E-state index contributed by atoms with van der Waals surface area (Å²) in [5.74, 6) is 0.812. The number of fused-ring (bicyclic) bond motifs is 1. The predicted molar refractivity (Wildman–Crippen MR) is 128 cm³/mol. The van der Waals surface area contributed by atoms with E-state index in [2.05, 4.69) is 10.1 Å². The average Bonchev–Trinajstić information content (AvgIpc) is 2.84. The van der Waals surface area contributed by atoms with Crippen LogP contribution < -0.4 is 10.3 Å². The Kier molecular flexibility index (Phi) is 6.26. The third kappa shape index (κ3) is 4.64. The first-order valence-corrected chi connectivity index (χ1v) is 10.5. The Balaban J connectivity index is 1.89. The molecule has 8 heteroatoms. The molecule has 0 spiro atoms. The number of ether oxygens (including phenoxy) is 1. The van der Waals surface area contributed by atoms with Crippen LogP contribution in [0.2, 0.25) is 0 Å². The van der Waals surface area contributed by atoms with Crippen LogP contribution in [0.4, 0.5) is 5.69 Å². The van der Waals surface area contributed by atoms with Gasteiger partial charge >= 0.3 is 0 Å². The van der Waals surface area contributed by atoms with Crippen LogP contribution in [-0.4, -0.2) is 26.9 Å². The van der Waals surface area contributed by atoms with Crippen LogP contribution in [0.25, 0.3) is 22.3 Å². The molecule has 0 aliphatic heterocycles. The molecular weight excluding hydrogens is 420 g/mol. The minimum Gasteiger partial charge on any atom is -0.490 e. The van der Waals surface area contributed by atoms with Gasteiger partial charge in [-0.3, -0.25) is 14.9 Å². The highest BCUT2D eigenvalue weighted by Gasteiger charge is 2.15. The molecule has 3 aromatic carbocycles. The van der Waals surface area contributed by atoms with E-state index in [1.807, 2.05) is 50.2 Å². The van der Waals surface area contributed by atoms with E-state index in [-0.39, 0.29) is 17.4 Å². The first-order chi connectivity index (χ1) is 16.0. The van der Waals surface area contributed by atoms with Crippen molar-refractivity contribution in [1.82, 2.24) is 9.66 Å². The van der Waals surface area contributed by atoms with E-state index in [0.717, 1.165) is 6.42 Å². The number of hydrogen-bond donors (Lipinski definition) is 0. The van der Waals surface area contributed by atoms with Crippen LogP contribution in [0.5, 0.6) is 5.75 Å². The third-order valence-electron chi connectivity index (χ3n) is 5.21. The molecule has 0 aliphatic carbocycles. The van der Waals surface area contributed by atoms with Crippen LogP contribution in [0, 0.1) is 10.1 Å². The second-order valence-electron chi connectivity index (χ2n) is 7.50. The SMILES string of the molecule is CC[C@H](C)Oc1ccc([N+](=O)[O-])cc1C=Nn1c(-c2ccccc2)nc2ccccc2c1=O. The van der Waals surface area contributed by atoms with Crippen molar-refractivity contribution in [3.63, 3.8) is 0 Å². The van der Waals surface area contributed by atoms with Crippen LogP contribution in [-0.2, 0) is 0 Å². The highest BCUT2D eigenvalue weighted by Crippen LogP contribution is 2.25. The molecule has 0 amide bonds. The van der Waals surface area contributed by atoms with Gasteiger partial charge in [0.2, 0.25) is 0 Å². The molecule has 1 aromatic heterocycles. The molecule has 1 heterocycles. The Morgan fingerprint density at radius 1 is 1.12 bits per heavy atom. The van der Waals surface area contributed by atoms with Crippen molar-refractivity contribution in [1.29, 1.82) is 0 Å². The number of hydrogen-bond acceptors (Lipinski definition) is 6. The lowest BCUT2D eigenvalue weighted by Gasteiger charge is -2.14. The molecule has 33 heavy (non-hydrogen) atoms. The molecule has 0 saturated heterocycles. The standard InChI is InChI=1S/C25H22N4O4/c1-3-17(2)33-23-14-13-20(29(31)32)15-19(23)16-26-28-24(18-9-5-4-6-10-18)27-22-12-8-7-11-21(22)25(28)30/h4-17H,3H2,1-2H3/t17-/m0/s1. The smallest absolute Gasteiger partial charge is 0.282 e. The Morgan fingerprint density at radius 3 is 2.58 bits per heavy atom. The number of benzene rings is 3. The quantitative estimate of drug-likeness (QED) is 0.227. The van der Waals surface area contributed by atoms with Gasteiger partial charge in [-0.05, 0) is 31.5 Å². The third-order valence-corrected chi connectivity index (χ3v) is 5.21. The zero-order chi connectivity index (χ0) is 23.4. The zero-order valence-electron chi connectivity index (χ0n) is 18.2. The molecule has 0 bridgehead atoms. The Labute approximate surface area is 189 Å². The zero-order valence-corrected chi connectivity index (χ0v) is 18.2. The van der Waals surface area contributed by atoms with Gasteiger partial charge in [-0.25, -0.2) is 4.98 Å². The lowest BCUT2D eigenvalue weighted by Crippen LogP contribution is -2.20. The lowest BCUT2D eigenvalue weighted by molar-refractivity contribution is -0.384. The summed E-state index contributed by atoms with van der Waals surface area (Å²) in [6.45, 7) is 3.89. The molecule has 0 saturated carbocycles. The van der Waals surface area contributed by atoms with Gasteiger partial charge in [0.15, 0.2) is 5.82 Å². The summed E-state index contributed by atoms with van der Waals surface area (Å²) in [4.78, 5) is 28.8. The molecule has 0 radical (unpaired) electrons. The van der Waals surface area contributed by atoms with Crippen LogP contribution in [0.15, 0.2) is 82.7 Å². The number of aromatic nitrogens is 2. The molecule has 0 unspecified atom stereocenters. The van der Waals surface area contributed by atoms with E-state index in [1.54, 1.807) is 24.3 Å². The summed E-state index contributed by atoms with van der Waals surface area (Å²) >= 11 is 0. The number of nitro groups is 1. The summed E-state index contributed by atoms with van der Waals surface area (Å²) < 4.78 is 7.13. The van der Waals surface area contributed by atoms with Crippen LogP contribution >= 0.6 is 0 Å². The van der Waals surface area contributed by atoms with Gasteiger partial charge in [0, 0.05) is 23.3 Å². The molecule has 4 aromatic rings. The molecule has 4 rings (SSSR count). The normalized spacial score (nSPS) is 12.2. The largest absolute Gasteiger partial charge is 0.490 e. The summed E-state index contributed by atoms with van der Waals surface area (Å²) in [6, 6.07) is 20.6. The molecule has 0 N–H and O–H groups in total. The number of nitrogens with zero attached hydrogens (tertiary/aromatic N) is 4. The molecule has 8 nitrogen and oxygen atoms in total. The first kappa shape index (κ1) is 21.9. The van der Waals surface area contributed by atoms with Crippen molar-refractivity contribution in [2.45, 2.75) is 26.4 Å². The van der Waals surface area contributed by atoms with Crippen molar-refractivity contribution >= 4 is 22.8 Å². The van der Waals surface area contributed by atoms with Gasteiger partial charge in [-0.1, -0.05) is 49.4 Å². The summed E-state index contributed by atoms with van der Waals surface area (Å²) in [7, 11) is 0. The number of para-hydroxylation sites is 1. The van der Waals surface area contributed by atoms with E-state index < -0.39 is 4.92 Å². The minimum atomic E-state index is -0.483. The van der Waals surface area contributed by atoms with Gasteiger partial charge in [-0.2, -0.15) is 9.78 Å². The monoisotopic (exact) mass is 442 g/mol. The Hall–Kier alpha value is -4.33. The maximum atomic E-state index is 13.3. The molecule has 0 aliphatic rings. The Morgan fingerprint density at radius 2 is 1.85 bits per heavy atom. The van der Waals surface area contributed by atoms with Crippen LogP contribution in [0.1, 0.15) is 25.8 Å². The summed E-state index contributed by atoms with van der Waals surface area (Å²) in [5.41, 5.74) is 1.23. The van der Waals surface area contributed by atoms with Crippen molar-refractivity contribution < 1.29 is 9.66 Å². The van der Waals surface area contributed by atoms with Crippen LogP contribution in [0.3, 0.4) is 0 Å². The van der Waals surface area contributed by atoms with Gasteiger partial charge < -0.3 is 4.74 Å². The highest BCUT2D eigenvalue weighted by atomic mass is 16.6. The molecule has 0 fully saturated rings. The number of nitro benzene ring substituents is 1. The predicted octanol–water partition coefficient (Wildman–Crippen LogP) is 5.03. The molecular formula is C25H22N4O4. The van der Waals surface area contributed by atoms with Gasteiger partial charge in [0.05, 0.1) is 28.1 Å². The van der Waals surface area contributed by atoms with E-state index >= 15 is 0 Å². The lowest BCUT2D eigenvalue weighted by atomic mass is 10.2. The fraction of sp³-hybridized carbons (Fsp3) is 0.160. The van der Waals surface area contributed by atoms with E-state index in [1.165, 1.54) is 23.0 Å². The van der Waals surface area contributed by atoms with E-state index in [0.29, 0.717) is 33.6 Å². The molecule has 166 valence electrons. The fourth-order valence-electron chi connectivity index (χ4n) is 3.28. The Bertz CT molecular complexity index is 1400. The van der Waals surface area contributed by atoms with Gasteiger partial charge in [0.1, 0.15) is 5.75 Å². The first-order valence-electron chi connectivity index (χ1n) is 10.5. The van der Waals surface area contributed by atoms with Crippen molar-refractivity contribution in [3.05, 3.63) is 98.8 Å². The topological polar surface area (TPSA) is 99.6 Å². The maximum Gasteiger partial charge on any atom is 0.282 e. The van der Waals surface area contributed by atoms with E-state index in [4.69, 9.17) is 4.74 Å². The minimum absolute atomic E-state index is 0.0939. The van der Waals surface area contributed by atoms with E-state index in [9.17, 15) is 14.9 Å². The number of non-ortho nitro benzene ring substituents is 1. The summed E-state index contributed by atoms with van der Waals surface area (Å²) in [5, 5.41) is 16.1. The van der Waals surface area contributed by atoms with Crippen molar-refractivity contribution in [3.8, 4) is 17.1 Å².